The van der Waals surface area contributed by atoms with Gasteiger partial charge in [0.2, 0.25) is 0 Å². The van der Waals surface area contributed by atoms with Gasteiger partial charge < -0.3 is 10.1 Å². The number of hydrogen-bond donors (Lipinski definition) is 1. The molecule has 0 atom stereocenters. The number of alkyl halides is 2. The zero-order chi connectivity index (χ0) is 11.3. The molecule has 0 aromatic carbocycles. The third-order valence-electron chi connectivity index (χ3n) is 2.37. The molecule has 1 aliphatic carbocycles. The predicted octanol–water partition coefficient (Wildman–Crippen LogP) is 2.70. The first-order valence-electron chi connectivity index (χ1n) is 5.30. The average Bonchev–Trinajstić information content (AvgIpc) is 2.15. The Labute approximate surface area is 88.2 Å². The maximum absolute atomic E-state index is 12.4. The van der Waals surface area contributed by atoms with Gasteiger partial charge in [-0.2, -0.15) is 0 Å². The monoisotopic (exact) mass is 221 g/mol. The molecule has 3 nitrogen and oxygen atoms in total. The first kappa shape index (κ1) is 12.2. The fourth-order valence-electron chi connectivity index (χ4n) is 1.60. The zero-order valence-electron chi connectivity index (χ0n) is 8.89. The van der Waals surface area contributed by atoms with Crippen molar-refractivity contribution in [2.24, 2.45) is 0 Å². The lowest BCUT2D eigenvalue weighted by Gasteiger charge is -2.22. The highest BCUT2D eigenvalue weighted by molar-refractivity contribution is 5.67. The summed E-state index contributed by atoms with van der Waals surface area (Å²) in [5, 5.41) is 2.06. The van der Waals surface area contributed by atoms with Crippen molar-refractivity contribution in [3.63, 3.8) is 0 Å². The largest absolute Gasteiger partial charge is 0.446 e. The van der Waals surface area contributed by atoms with E-state index < -0.39 is 18.6 Å². The fraction of sp³-hybridized carbons (Fsp3) is 0.900. The zero-order valence-corrected chi connectivity index (χ0v) is 8.89. The third kappa shape index (κ3) is 5.54. The summed E-state index contributed by atoms with van der Waals surface area (Å²) in [7, 11) is 0. The summed E-state index contributed by atoms with van der Waals surface area (Å²) in [5.74, 6) is -2.88. The van der Waals surface area contributed by atoms with Gasteiger partial charge in [-0.1, -0.05) is 6.42 Å². The first-order chi connectivity index (χ1) is 6.97. The van der Waals surface area contributed by atoms with Gasteiger partial charge in [-0.05, 0) is 25.7 Å². The number of rotatable bonds is 3. The van der Waals surface area contributed by atoms with Gasteiger partial charge in [-0.25, -0.2) is 13.6 Å². The number of ether oxygens (including phenoxy) is 1. The van der Waals surface area contributed by atoms with Crippen molar-refractivity contribution in [1.82, 2.24) is 5.32 Å². The number of alkyl carbamates (subject to hydrolysis) is 1. The van der Waals surface area contributed by atoms with E-state index in [4.69, 9.17) is 4.74 Å². The molecule has 1 amide bonds. The van der Waals surface area contributed by atoms with Crippen LogP contribution in [-0.4, -0.2) is 24.7 Å². The summed E-state index contributed by atoms with van der Waals surface area (Å²) in [6, 6.07) is 0. The fourth-order valence-corrected chi connectivity index (χ4v) is 1.60. The number of amides is 1. The normalized spacial score (nSPS) is 18.6. The van der Waals surface area contributed by atoms with Crippen molar-refractivity contribution in [2.75, 3.05) is 6.54 Å². The number of nitrogens with one attached hydrogen (secondary N) is 1. The van der Waals surface area contributed by atoms with Gasteiger partial charge in [0.1, 0.15) is 6.10 Å². The van der Waals surface area contributed by atoms with Crippen molar-refractivity contribution in [3.8, 4) is 0 Å². The van der Waals surface area contributed by atoms with Gasteiger partial charge in [0.25, 0.3) is 5.92 Å². The molecule has 0 aliphatic heterocycles. The molecule has 0 radical (unpaired) electrons. The summed E-state index contributed by atoms with van der Waals surface area (Å²) >= 11 is 0. The van der Waals surface area contributed by atoms with Crippen molar-refractivity contribution in [1.29, 1.82) is 0 Å². The maximum Gasteiger partial charge on any atom is 0.407 e. The summed E-state index contributed by atoms with van der Waals surface area (Å²) in [6.45, 7) is 0.0897. The number of carbonyl (C=O) groups is 1. The first-order valence-corrected chi connectivity index (χ1v) is 5.30. The Kier molecular flexibility index (Phi) is 4.29. The van der Waals surface area contributed by atoms with E-state index in [0.717, 1.165) is 39.0 Å². The van der Waals surface area contributed by atoms with Gasteiger partial charge in [0, 0.05) is 6.92 Å². The smallest absolute Gasteiger partial charge is 0.407 e. The van der Waals surface area contributed by atoms with Gasteiger partial charge in [0.15, 0.2) is 0 Å². The maximum atomic E-state index is 12.4. The Balaban J connectivity index is 2.17. The molecule has 1 rings (SSSR count). The molecular weight excluding hydrogens is 204 g/mol. The van der Waals surface area contributed by atoms with Gasteiger partial charge >= 0.3 is 6.09 Å². The Hall–Kier alpha value is -0.870. The molecule has 5 heteroatoms. The molecule has 0 unspecified atom stereocenters. The van der Waals surface area contributed by atoms with Gasteiger partial charge in [-0.15, -0.1) is 0 Å². The van der Waals surface area contributed by atoms with Crippen molar-refractivity contribution < 1.29 is 18.3 Å². The third-order valence-corrected chi connectivity index (χ3v) is 2.37. The van der Waals surface area contributed by atoms with Gasteiger partial charge in [-0.3, -0.25) is 0 Å². The number of halogens is 2. The molecule has 15 heavy (non-hydrogen) atoms. The van der Waals surface area contributed by atoms with Crippen molar-refractivity contribution in [3.05, 3.63) is 0 Å². The topological polar surface area (TPSA) is 38.3 Å². The van der Waals surface area contributed by atoms with E-state index >= 15 is 0 Å². The molecular formula is C10H17F2NO2. The number of hydrogen-bond acceptors (Lipinski definition) is 2. The minimum absolute atomic E-state index is 0.0933. The van der Waals surface area contributed by atoms with Crippen LogP contribution in [0.5, 0.6) is 0 Å². The van der Waals surface area contributed by atoms with Crippen molar-refractivity contribution >= 4 is 6.09 Å². The molecule has 1 saturated carbocycles. The Morgan fingerprint density at radius 3 is 2.53 bits per heavy atom. The van der Waals surface area contributed by atoms with E-state index in [2.05, 4.69) is 5.32 Å². The second kappa shape index (κ2) is 5.28. The minimum Gasteiger partial charge on any atom is -0.446 e. The summed E-state index contributed by atoms with van der Waals surface area (Å²) in [4.78, 5) is 11.1. The van der Waals surface area contributed by atoms with Gasteiger partial charge in [0.05, 0.1) is 6.54 Å². The van der Waals surface area contributed by atoms with Crippen LogP contribution in [0.4, 0.5) is 13.6 Å². The van der Waals surface area contributed by atoms with Crippen LogP contribution in [0.1, 0.15) is 39.0 Å². The molecule has 88 valence electrons. The van der Waals surface area contributed by atoms with E-state index in [1.807, 2.05) is 0 Å². The standard InChI is InChI=1S/C10H17F2NO2/c1-10(11,12)7-13-9(14)15-8-5-3-2-4-6-8/h8H,2-7H2,1H3,(H,13,14). The van der Waals surface area contributed by atoms with Crippen LogP contribution in [0.15, 0.2) is 0 Å². The lowest BCUT2D eigenvalue weighted by Crippen LogP contribution is -2.37. The Bertz CT molecular complexity index is 210. The van der Waals surface area contributed by atoms with Crippen molar-refractivity contribution in [2.45, 2.75) is 51.1 Å². The van der Waals surface area contributed by atoms with Crippen LogP contribution in [-0.2, 0) is 4.74 Å². The SMILES string of the molecule is CC(F)(F)CNC(=O)OC1CCCCC1. The second-order valence-corrected chi connectivity index (χ2v) is 4.09. The molecule has 1 aliphatic rings. The predicted molar refractivity (Wildman–Crippen MR) is 52.0 cm³/mol. The Morgan fingerprint density at radius 2 is 2.00 bits per heavy atom. The Morgan fingerprint density at radius 1 is 1.40 bits per heavy atom. The second-order valence-electron chi connectivity index (χ2n) is 4.09. The minimum atomic E-state index is -2.88. The van der Waals surface area contributed by atoms with Crippen LogP contribution < -0.4 is 5.32 Å². The van der Waals surface area contributed by atoms with E-state index in [1.165, 1.54) is 0 Å². The van der Waals surface area contributed by atoms with Crippen LogP contribution in [0.25, 0.3) is 0 Å². The highest BCUT2D eigenvalue weighted by Gasteiger charge is 2.23. The highest BCUT2D eigenvalue weighted by Crippen LogP contribution is 2.20. The molecule has 0 spiro atoms. The van der Waals surface area contributed by atoms with E-state index in [1.54, 1.807) is 0 Å². The van der Waals surface area contributed by atoms with E-state index in [-0.39, 0.29) is 6.10 Å². The summed E-state index contributed by atoms with van der Waals surface area (Å²) in [5.41, 5.74) is 0. The quantitative estimate of drug-likeness (QED) is 0.795. The van der Waals surface area contributed by atoms with Crippen LogP contribution in [0.2, 0.25) is 0 Å². The molecule has 0 heterocycles. The molecule has 0 saturated heterocycles. The van der Waals surface area contributed by atoms with Crippen LogP contribution in [0, 0.1) is 0 Å². The molecule has 0 aromatic heterocycles. The summed E-state index contributed by atoms with van der Waals surface area (Å²) in [6.07, 6.45) is 4.11. The molecule has 0 bridgehead atoms. The lowest BCUT2D eigenvalue weighted by atomic mass is 9.98. The summed E-state index contributed by atoms with van der Waals surface area (Å²) < 4.78 is 29.8. The molecule has 1 fully saturated rings. The lowest BCUT2D eigenvalue weighted by molar-refractivity contribution is 0.0163. The van der Waals surface area contributed by atoms with Crippen LogP contribution >= 0.6 is 0 Å². The van der Waals surface area contributed by atoms with Crippen LogP contribution in [0.3, 0.4) is 0 Å². The number of carbonyl (C=O) groups excluding carboxylic acids is 1. The molecule has 1 N–H and O–H groups in total. The van der Waals surface area contributed by atoms with E-state index in [0.29, 0.717) is 0 Å². The average molecular weight is 221 g/mol. The highest BCUT2D eigenvalue weighted by atomic mass is 19.3. The molecule has 0 aromatic rings. The van der Waals surface area contributed by atoms with E-state index in [9.17, 15) is 13.6 Å².